The molecule has 2 N–H and O–H groups in total. The number of hydrogen-bond acceptors (Lipinski definition) is 4. The van der Waals surface area contributed by atoms with Gasteiger partial charge in [0.05, 0.1) is 24.9 Å². The van der Waals surface area contributed by atoms with Crippen molar-refractivity contribution in [2.24, 2.45) is 0 Å². The Kier molecular flexibility index (Phi) is 7.47. The van der Waals surface area contributed by atoms with Gasteiger partial charge in [-0.05, 0) is 50.1 Å². The zero-order valence-corrected chi connectivity index (χ0v) is 22.0. The highest BCUT2D eigenvalue weighted by Crippen LogP contribution is 2.45. The van der Waals surface area contributed by atoms with Crippen LogP contribution in [0.4, 0.5) is 0 Å². The van der Waals surface area contributed by atoms with Crippen molar-refractivity contribution in [3.05, 3.63) is 89.5 Å². The lowest BCUT2D eigenvalue weighted by Gasteiger charge is -2.26. The van der Waals surface area contributed by atoms with Gasteiger partial charge in [0, 0.05) is 40.7 Å². The number of carbonyl (C=O) groups is 2. The number of aromatic nitrogens is 1. The van der Waals surface area contributed by atoms with E-state index in [0.29, 0.717) is 25.1 Å². The largest absolute Gasteiger partial charge is 0.497 e. The number of para-hydroxylation sites is 1. The van der Waals surface area contributed by atoms with Gasteiger partial charge in [0.15, 0.2) is 0 Å². The number of hydrogen-bond donors (Lipinski definition) is 2. The Morgan fingerprint density at radius 3 is 2.66 bits per heavy atom. The lowest BCUT2D eigenvalue weighted by atomic mass is 9.93. The van der Waals surface area contributed by atoms with Gasteiger partial charge in [-0.2, -0.15) is 0 Å². The molecule has 0 saturated heterocycles. The van der Waals surface area contributed by atoms with E-state index in [2.05, 4.69) is 16.4 Å². The van der Waals surface area contributed by atoms with Gasteiger partial charge in [0.1, 0.15) is 12.3 Å². The highest BCUT2D eigenvalue weighted by Gasteiger charge is 2.41. The van der Waals surface area contributed by atoms with Gasteiger partial charge < -0.3 is 24.7 Å². The molecule has 0 fully saturated rings. The monoisotopic (exact) mass is 511 g/mol. The van der Waals surface area contributed by atoms with Crippen LogP contribution in [0.3, 0.4) is 0 Å². The van der Waals surface area contributed by atoms with Crippen LogP contribution in [0.25, 0.3) is 22.2 Å². The topological polar surface area (TPSA) is 83.7 Å². The molecule has 3 aromatic carbocycles. The lowest BCUT2D eigenvalue weighted by Crippen LogP contribution is -2.40. The van der Waals surface area contributed by atoms with E-state index in [9.17, 15) is 9.59 Å². The van der Waals surface area contributed by atoms with Gasteiger partial charge in [-0.15, -0.1) is 0 Å². The molecule has 1 atom stereocenters. The molecule has 0 unspecified atom stereocenters. The van der Waals surface area contributed by atoms with Crippen LogP contribution in [0, 0.1) is 0 Å². The second-order valence-corrected chi connectivity index (χ2v) is 9.74. The van der Waals surface area contributed by atoms with Crippen LogP contribution in [-0.4, -0.2) is 54.6 Å². The molecule has 0 spiro atoms. The summed E-state index contributed by atoms with van der Waals surface area (Å²) in [6.45, 7) is 5.00. The second-order valence-electron chi connectivity index (χ2n) is 9.74. The molecule has 0 saturated carbocycles. The van der Waals surface area contributed by atoms with E-state index in [1.165, 1.54) is 0 Å². The summed E-state index contributed by atoms with van der Waals surface area (Å²) in [6.07, 6.45) is 0.867. The molecule has 7 heteroatoms. The molecule has 0 bridgehead atoms. The Balaban J connectivity index is 1.53. The first-order valence-corrected chi connectivity index (χ1v) is 13.0. The molecule has 1 aliphatic heterocycles. The number of benzene rings is 3. The van der Waals surface area contributed by atoms with Gasteiger partial charge in [0.2, 0.25) is 5.91 Å². The number of nitrogens with zero attached hydrogens (tertiary/aromatic N) is 1. The van der Waals surface area contributed by atoms with E-state index in [4.69, 9.17) is 9.47 Å². The number of rotatable bonds is 10. The fraction of sp³-hybridized carbons (Fsp3) is 0.290. The number of amides is 2. The molecular formula is C31H33N3O4. The third-order valence-corrected chi connectivity index (χ3v) is 6.84. The summed E-state index contributed by atoms with van der Waals surface area (Å²) in [5, 5.41) is 3.97. The van der Waals surface area contributed by atoms with E-state index in [0.717, 1.165) is 39.0 Å². The van der Waals surface area contributed by atoms with E-state index in [1.54, 1.807) is 12.0 Å². The molecular weight excluding hydrogens is 478 g/mol. The first kappa shape index (κ1) is 25.5. The Labute approximate surface area is 222 Å². The van der Waals surface area contributed by atoms with E-state index >= 15 is 0 Å². The minimum absolute atomic E-state index is 0.0414. The van der Waals surface area contributed by atoms with Crippen molar-refractivity contribution in [2.75, 3.05) is 26.8 Å². The lowest BCUT2D eigenvalue weighted by molar-refractivity contribution is -0.122. The Hall–Kier alpha value is -4.10. The summed E-state index contributed by atoms with van der Waals surface area (Å²) in [6, 6.07) is 23.1. The standard InChI is InChI=1S/C31H33N3O4/c1-20(2)38-17-9-16-32-27(35)19-34-30(23-12-4-5-13-24(23)31(34)36)28-25-14-6-7-15-26(25)33-29(28)21-10-8-11-22(18-21)37-3/h4-8,10-15,18,20,30,33H,9,16-17,19H2,1-3H3,(H,32,35)/t30-/m1/s1. The quantitative estimate of drug-likeness (QED) is 0.282. The fourth-order valence-corrected chi connectivity index (χ4v) is 5.13. The summed E-state index contributed by atoms with van der Waals surface area (Å²) in [4.78, 5) is 32.0. The van der Waals surface area contributed by atoms with Crippen LogP contribution in [0.1, 0.15) is 47.8 Å². The van der Waals surface area contributed by atoms with Crippen LogP contribution < -0.4 is 10.1 Å². The maximum Gasteiger partial charge on any atom is 0.255 e. The summed E-state index contributed by atoms with van der Waals surface area (Å²) in [5.74, 6) is 0.405. The van der Waals surface area contributed by atoms with Crippen molar-refractivity contribution >= 4 is 22.7 Å². The molecule has 1 aliphatic rings. The maximum atomic E-state index is 13.7. The average Bonchev–Trinajstić information content (AvgIpc) is 3.43. The molecule has 2 heterocycles. The number of nitrogens with one attached hydrogen (secondary N) is 2. The molecule has 4 aromatic rings. The van der Waals surface area contributed by atoms with Gasteiger partial charge in [0.25, 0.3) is 5.91 Å². The molecule has 0 radical (unpaired) electrons. The highest BCUT2D eigenvalue weighted by molar-refractivity contribution is 6.03. The number of aromatic amines is 1. The van der Waals surface area contributed by atoms with Crippen molar-refractivity contribution in [1.82, 2.24) is 15.2 Å². The third kappa shape index (κ3) is 5.02. The molecule has 38 heavy (non-hydrogen) atoms. The summed E-state index contributed by atoms with van der Waals surface area (Å²) < 4.78 is 11.1. The third-order valence-electron chi connectivity index (χ3n) is 6.84. The van der Waals surface area contributed by atoms with Crippen molar-refractivity contribution < 1.29 is 19.1 Å². The number of ether oxygens (including phenoxy) is 2. The van der Waals surface area contributed by atoms with Crippen molar-refractivity contribution in [2.45, 2.75) is 32.4 Å². The molecule has 2 amide bonds. The van der Waals surface area contributed by atoms with Crippen LogP contribution in [-0.2, 0) is 9.53 Å². The summed E-state index contributed by atoms with van der Waals surface area (Å²) >= 11 is 0. The first-order chi connectivity index (χ1) is 18.5. The molecule has 1 aromatic heterocycles. The number of methoxy groups -OCH3 is 1. The van der Waals surface area contributed by atoms with Crippen molar-refractivity contribution in [1.29, 1.82) is 0 Å². The smallest absolute Gasteiger partial charge is 0.255 e. The van der Waals surface area contributed by atoms with Gasteiger partial charge in [-0.3, -0.25) is 9.59 Å². The summed E-state index contributed by atoms with van der Waals surface area (Å²) in [5.41, 5.74) is 5.29. The number of carbonyl (C=O) groups excluding carboxylic acids is 2. The fourth-order valence-electron chi connectivity index (χ4n) is 5.13. The second kappa shape index (κ2) is 11.1. The molecule has 5 rings (SSSR count). The Morgan fingerprint density at radius 1 is 1.05 bits per heavy atom. The Morgan fingerprint density at radius 2 is 1.84 bits per heavy atom. The SMILES string of the molecule is COc1cccc(-c2[nH]c3ccccc3c2[C@H]2c3ccccc3C(=O)N2CC(=O)NCCCOC(C)C)c1. The molecule has 196 valence electrons. The van der Waals surface area contributed by atoms with Gasteiger partial charge in [-0.1, -0.05) is 48.5 Å². The maximum absolute atomic E-state index is 13.7. The highest BCUT2D eigenvalue weighted by atomic mass is 16.5. The predicted octanol–water partition coefficient (Wildman–Crippen LogP) is 5.32. The molecule has 0 aliphatic carbocycles. The van der Waals surface area contributed by atoms with Crippen LogP contribution in [0.2, 0.25) is 0 Å². The van der Waals surface area contributed by atoms with Crippen molar-refractivity contribution in [3.8, 4) is 17.0 Å². The zero-order valence-electron chi connectivity index (χ0n) is 22.0. The van der Waals surface area contributed by atoms with Crippen molar-refractivity contribution in [3.63, 3.8) is 0 Å². The number of fused-ring (bicyclic) bond motifs is 2. The van der Waals surface area contributed by atoms with E-state index in [-0.39, 0.29) is 24.5 Å². The minimum Gasteiger partial charge on any atom is -0.497 e. The molecule has 7 nitrogen and oxygen atoms in total. The minimum atomic E-state index is -0.425. The number of H-pyrrole nitrogens is 1. The average molecular weight is 512 g/mol. The first-order valence-electron chi connectivity index (χ1n) is 13.0. The van der Waals surface area contributed by atoms with Crippen LogP contribution in [0.5, 0.6) is 5.75 Å². The predicted molar refractivity (Wildman–Crippen MR) is 148 cm³/mol. The summed E-state index contributed by atoms with van der Waals surface area (Å²) in [7, 11) is 1.65. The van der Waals surface area contributed by atoms with Gasteiger partial charge >= 0.3 is 0 Å². The normalized spacial score (nSPS) is 14.8. The van der Waals surface area contributed by atoms with Gasteiger partial charge in [-0.25, -0.2) is 0 Å². The Bertz CT molecular complexity index is 1460. The van der Waals surface area contributed by atoms with Crippen LogP contribution >= 0.6 is 0 Å². The zero-order chi connectivity index (χ0) is 26.6. The van der Waals surface area contributed by atoms with Crippen LogP contribution in [0.15, 0.2) is 72.8 Å². The van der Waals surface area contributed by atoms with E-state index in [1.807, 2.05) is 80.6 Å². The van der Waals surface area contributed by atoms with E-state index < -0.39 is 6.04 Å².